The van der Waals surface area contributed by atoms with Crippen LogP contribution < -0.4 is 0 Å². The summed E-state index contributed by atoms with van der Waals surface area (Å²) in [4.78, 5) is 73.1. The summed E-state index contributed by atoms with van der Waals surface area (Å²) in [6, 6.07) is 0. The molecule has 606 valence electrons. The first-order valence-electron chi connectivity index (χ1n) is 43.0. The van der Waals surface area contributed by atoms with E-state index in [0.29, 0.717) is 25.7 Å². The minimum atomic E-state index is -4.96. The van der Waals surface area contributed by atoms with Gasteiger partial charge in [0.15, 0.2) is 12.2 Å². The number of unbranched alkanes of at least 4 members (excludes halogenated alkanes) is 52. The fourth-order valence-electron chi connectivity index (χ4n) is 12.9. The molecule has 2 unspecified atom stereocenters. The fourth-order valence-corrected chi connectivity index (χ4v) is 14.5. The van der Waals surface area contributed by atoms with Crippen LogP contribution in [-0.4, -0.2) is 96.7 Å². The van der Waals surface area contributed by atoms with Crippen molar-refractivity contribution in [1.82, 2.24) is 0 Å². The second kappa shape index (κ2) is 74.5. The van der Waals surface area contributed by atoms with Crippen LogP contribution in [0, 0.1) is 11.8 Å². The smallest absolute Gasteiger partial charge is 0.462 e. The number of rotatable bonds is 82. The number of hydrogen-bond donors (Lipinski definition) is 3. The summed E-state index contributed by atoms with van der Waals surface area (Å²) in [6.07, 6.45) is 65.2. The monoisotopic (exact) mass is 1490 g/mol. The van der Waals surface area contributed by atoms with Gasteiger partial charge in [0.05, 0.1) is 26.4 Å². The Bertz CT molecular complexity index is 1960. The molecule has 0 aromatic rings. The normalized spacial score (nSPS) is 13.9. The summed E-state index contributed by atoms with van der Waals surface area (Å²) in [5, 5.41) is 10.7. The molecule has 3 N–H and O–H groups in total. The Morgan fingerprint density at radius 2 is 0.451 bits per heavy atom. The molecule has 0 saturated carbocycles. The van der Waals surface area contributed by atoms with Crippen LogP contribution in [0.1, 0.15) is 440 Å². The SMILES string of the molecule is CCCCCCCCCCCCCCCCCCCCCCC(=O)O[C@H](COC(=O)CCCCCCCCCCCCCCCC(C)C)COP(=O)(O)OC[C@@H](O)COP(=O)(O)OC[C@@H](COC(=O)CCCCCCCCCCCC(C)C)OC(=O)CCCCCCCCCCCCCCCC. The number of aliphatic hydroxyl groups excluding tert-OH is 1. The van der Waals surface area contributed by atoms with Crippen molar-refractivity contribution in [3.8, 4) is 0 Å². The molecule has 19 heteroatoms. The highest BCUT2D eigenvalue weighted by atomic mass is 31.2. The second-order valence-corrected chi connectivity index (χ2v) is 33.7. The van der Waals surface area contributed by atoms with Gasteiger partial charge >= 0.3 is 39.5 Å². The third kappa shape index (κ3) is 76.3. The lowest BCUT2D eigenvalue weighted by atomic mass is 10.0. The van der Waals surface area contributed by atoms with Crippen molar-refractivity contribution in [2.24, 2.45) is 11.8 Å². The van der Waals surface area contributed by atoms with Crippen LogP contribution in [0.4, 0.5) is 0 Å². The van der Waals surface area contributed by atoms with Gasteiger partial charge in [0.25, 0.3) is 0 Å². The van der Waals surface area contributed by atoms with Gasteiger partial charge in [0.2, 0.25) is 0 Å². The number of hydrogen-bond acceptors (Lipinski definition) is 15. The zero-order chi connectivity index (χ0) is 74.9. The molecule has 0 radical (unpaired) electrons. The highest BCUT2D eigenvalue weighted by Crippen LogP contribution is 2.45. The summed E-state index contributed by atoms with van der Waals surface area (Å²) in [5.41, 5.74) is 0. The van der Waals surface area contributed by atoms with E-state index in [2.05, 4.69) is 41.5 Å². The molecule has 0 amide bonds. The molecule has 0 spiro atoms. The van der Waals surface area contributed by atoms with Crippen LogP contribution >= 0.6 is 15.6 Å². The van der Waals surface area contributed by atoms with E-state index in [1.54, 1.807) is 0 Å². The van der Waals surface area contributed by atoms with Gasteiger partial charge in [0.1, 0.15) is 19.3 Å². The highest BCUT2D eigenvalue weighted by molar-refractivity contribution is 7.47. The maximum absolute atomic E-state index is 13.1. The van der Waals surface area contributed by atoms with Gasteiger partial charge in [-0.15, -0.1) is 0 Å². The molecule has 0 bridgehead atoms. The Morgan fingerprint density at radius 1 is 0.265 bits per heavy atom. The molecular weight excluding hydrogens is 1330 g/mol. The molecule has 0 aliphatic carbocycles. The Kier molecular flexibility index (Phi) is 73.1. The Labute approximate surface area is 626 Å². The molecule has 0 heterocycles. The van der Waals surface area contributed by atoms with Gasteiger partial charge in [-0.2, -0.15) is 0 Å². The molecule has 5 atom stereocenters. The summed E-state index contributed by atoms with van der Waals surface area (Å²) in [7, 11) is -9.92. The van der Waals surface area contributed by atoms with E-state index in [1.807, 2.05) is 0 Å². The Morgan fingerprint density at radius 3 is 0.667 bits per heavy atom. The van der Waals surface area contributed by atoms with Crippen LogP contribution in [0.15, 0.2) is 0 Å². The van der Waals surface area contributed by atoms with E-state index in [1.165, 1.54) is 257 Å². The van der Waals surface area contributed by atoms with Crippen LogP contribution in [0.25, 0.3) is 0 Å². The number of phosphoric acid groups is 2. The van der Waals surface area contributed by atoms with Gasteiger partial charge in [-0.05, 0) is 37.5 Å². The summed E-state index contributed by atoms with van der Waals surface area (Å²) in [6.45, 7) is 9.65. The van der Waals surface area contributed by atoms with Crippen LogP contribution in [-0.2, 0) is 65.4 Å². The predicted octanol–water partition coefficient (Wildman–Crippen LogP) is 25.1. The first-order valence-corrected chi connectivity index (χ1v) is 46.0. The zero-order valence-corrected chi connectivity index (χ0v) is 68.7. The van der Waals surface area contributed by atoms with Crippen molar-refractivity contribution >= 4 is 39.5 Å². The fraction of sp³-hybridized carbons (Fsp3) is 0.952. The third-order valence-electron chi connectivity index (χ3n) is 19.5. The number of carbonyl (C=O) groups excluding carboxylic acids is 4. The molecule has 0 fully saturated rings. The van der Waals surface area contributed by atoms with Crippen molar-refractivity contribution < 1.29 is 80.2 Å². The average Bonchev–Trinajstić information content (AvgIpc) is 0.916. The Balaban J connectivity index is 5.25. The summed E-state index contributed by atoms with van der Waals surface area (Å²) < 4.78 is 68.8. The minimum Gasteiger partial charge on any atom is -0.462 e. The molecule has 0 saturated heterocycles. The van der Waals surface area contributed by atoms with Crippen molar-refractivity contribution in [3.63, 3.8) is 0 Å². The lowest BCUT2D eigenvalue weighted by molar-refractivity contribution is -0.161. The van der Waals surface area contributed by atoms with Gasteiger partial charge in [0, 0.05) is 25.7 Å². The van der Waals surface area contributed by atoms with E-state index in [0.717, 1.165) is 102 Å². The number of carbonyl (C=O) groups is 4. The predicted molar refractivity (Wildman–Crippen MR) is 418 cm³/mol. The topological polar surface area (TPSA) is 237 Å². The average molecular weight is 1490 g/mol. The van der Waals surface area contributed by atoms with Crippen LogP contribution in [0.2, 0.25) is 0 Å². The summed E-state index contributed by atoms with van der Waals surface area (Å²) in [5.74, 6) is -0.570. The zero-order valence-electron chi connectivity index (χ0n) is 66.9. The highest BCUT2D eigenvalue weighted by Gasteiger charge is 2.30. The molecular formula is C83H162O17P2. The molecule has 102 heavy (non-hydrogen) atoms. The van der Waals surface area contributed by atoms with Gasteiger partial charge in [-0.1, -0.05) is 388 Å². The minimum absolute atomic E-state index is 0.108. The molecule has 0 rings (SSSR count). The van der Waals surface area contributed by atoms with E-state index < -0.39 is 97.5 Å². The first-order chi connectivity index (χ1) is 49.4. The molecule has 0 aromatic carbocycles. The molecule has 17 nitrogen and oxygen atoms in total. The number of aliphatic hydroxyl groups is 1. The number of phosphoric ester groups is 2. The maximum Gasteiger partial charge on any atom is 0.472 e. The Hall–Kier alpha value is -1.94. The largest absolute Gasteiger partial charge is 0.472 e. The van der Waals surface area contributed by atoms with E-state index in [9.17, 15) is 43.2 Å². The van der Waals surface area contributed by atoms with Crippen LogP contribution in [0.5, 0.6) is 0 Å². The molecule has 0 aliphatic heterocycles. The maximum atomic E-state index is 13.1. The lowest BCUT2D eigenvalue weighted by Gasteiger charge is -2.21. The van der Waals surface area contributed by atoms with E-state index in [4.69, 9.17) is 37.0 Å². The van der Waals surface area contributed by atoms with E-state index >= 15 is 0 Å². The first kappa shape index (κ1) is 100. The lowest BCUT2D eigenvalue weighted by Crippen LogP contribution is -2.30. The third-order valence-corrected chi connectivity index (χ3v) is 21.4. The van der Waals surface area contributed by atoms with Crippen molar-refractivity contribution in [2.45, 2.75) is 458 Å². The standard InChI is InChI=1S/C83H162O17P2/c1-7-9-11-13-15-17-19-21-23-24-25-26-27-28-32-37-43-50-56-62-68-83(88)99-78(71-93-80(85)65-59-53-47-41-35-33-29-30-34-39-45-51-57-63-75(3)4)73-97-101(89,90)95-69-77(84)70-96-102(91,92)98-74-79(72-94-81(86)66-60-54-48-44-38-40-46-52-58-64-76(5)6)100-82(87)67-61-55-49-42-36-31-22-20-18-16-14-12-10-8-2/h75-79,84H,7-74H2,1-6H3,(H,89,90)(H,91,92)/t77-,78-,79-/m1/s1. The summed E-state index contributed by atoms with van der Waals surface area (Å²) >= 11 is 0. The van der Waals surface area contributed by atoms with Crippen molar-refractivity contribution in [3.05, 3.63) is 0 Å². The van der Waals surface area contributed by atoms with Crippen molar-refractivity contribution in [1.29, 1.82) is 0 Å². The second-order valence-electron chi connectivity index (χ2n) is 30.8. The number of ether oxygens (including phenoxy) is 4. The van der Waals surface area contributed by atoms with Crippen LogP contribution in [0.3, 0.4) is 0 Å². The number of esters is 4. The molecule has 0 aliphatic rings. The van der Waals surface area contributed by atoms with E-state index in [-0.39, 0.29) is 25.7 Å². The quantitative estimate of drug-likeness (QED) is 0.0222. The van der Waals surface area contributed by atoms with Gasteiger partial charge in [-0.3, -0.25) is 37.3 Å². The van der Waals surface area contributed by atoms with Crippen molar-refractivity contribution in [2.75, 3.05) is 39.6 Å². The van der Waals surface area contributed by atoms with Gasteiger partial charge < -0.3 is 33.8 Å². The van der Waals surface area contributed by atoms with Gasteiger partial charge in [-0.25, -0.2) is 9.13 Å². The molecule has 0 aromatic heterocycles.